The van der Waals surface area contributed by atoms with Crippen LogP contribution in [0.4, 0.5) is 21.7 Å². The number of piperidine rings is 1. The molecule has 0 saturated carbocycles. The maximum absolute atomic E-state index is 14.0. The number of halogens is 1. The van der Waals surface area contributed by atoms with Crippen molar-refractivity contribution in [3.8, 4) is 6.07 Å². The summed E-state index contributed by atoms with van der Waals surface area (Å²) >= 11 is 0. The minimum atomic E-state index is -0.384. The summed E-state index contributed by atoms with van der Waals surface area (Å²) in [5.41, 5.74) is 0.654. The number of rotatable bonds is 4. The first kappa shape index (κ1) is 16.1. The Morgan fingerprint density at radius 3 is 2.58 bits per heavy atom. The molecule has 0 spiro atoms. The Morgan fingerprint density at radius 2 is 1.92 bits per heavy atom. The zero-order chi connectivity index (χ0) is 16.9. The van der Waals surface area contributed by atoms with Gasteiger partial charge in [-0.05, 0) is 33.0 Å². The van der Waals surface area contributed by atoms with Crippen molar-refractivity contribution in [1.82, 2.24) is 19.9 Å². The van der Waals surface area contributed by atoms with E-state index in [-0.39, 0.29) is 17.6 Å². The molecule has 2 aromatic rings. The molecule has 124 valence electrons. The first-order chi connectivity index (χ1) is 11.6. The molecule has 2 aromatic heterocycles. The number of hydrogen-bond acceptors (Lipinski definition) is 7. The zero-order valence-electron chi connectivity index (χ0n) is 13.3. The van der Waals surface area contributed by atoms with Crippen LogP contribution in [0.25, 0.3) is 0 Å². The van der Waals surface area contributed by atoms with Gasteiger partial charge in [0.25, 0.3) is 0 Å². The van der Waals surface area contributed by atoms with Gasteiger partial charge >= 0.3 is 0 Å². The van der Waals surface area contributed by atoms with Gasteiger partial charge in [0, 0.05) is 12.1 Å². The van der Waals surface area contributed by atoms with Crippen LogP contribution in [0, 0.1) is 17.1 Å². The molecule has 1 aliphatic rings. The maximum Gasteiger partial charge on any atom is 0.164 e. The first-order valence-electron chi connectivity index (χ1n) is 7.74. The van der Waals surface area contributed by atoms with Gasteiger partial charge in [0.15, 0.2) is 11.5 Å². The second-order valence-corrected chi connectivity index (χ2v) is 5.79. The molecule has 1 saturated heterocycles. The zero-order valence-corrected chi connectivity index (χ0v) is 13.3. The van der Waals surface area contributed by atoms with Crippen LogP contribution in [0.2, 0.25) is 0 Å². The largest absolute Gasteiger partial charge is 0.380 e. The van der Waals surface area contributed by atoms with Gasteiger partial charge in [-0.1, -0.05) is 0 Å². The second kappa shape index (κ2) is 7.19. The van der Waals surface area contributed by atoms with E-state index in [0.29, 0.717) is 17.3 Å². The van der Waals surface area contributed by atoms with Gasteiger partial charge in [-0.15, -0.1) is 0 Å². The molecule has 0 aliphatic carbocycles. The third kappa shape index (κ3) is 3.94. The van der Waals surface area contributed by atoms with Crippen LogP contribution in [-0.2, 0) is 0 Å². The molecule has 0 radical (unpaired) electrons. The molecule has 24 heavy (non-hydrogen) atoms. The van der Waals surface area contributed by atoms with E-state index in [2.05, 4.69) is 37.5 Å². The molecular weight excluding hydrogens is 309 g/mol. The lowest BCUT2D eigenvalue weighted by atomic mass is 10.1. The number of hydrogen-bond donors (Lipinski definition) is 2. The van der Waals surface area contributed by atoms with Gasteiger partial charge in [-0.25, -0.2) is 19.3 Å². The highest BCUT2D eigenvalue weighted by Crippen LogP contribution is 2.22. The summed E-state index contributed by atoms with van der Waals surface area (Å²) in [6, 6.07) is 3.77. The van der Waals surface area contributed by atoms with Crippen molar-refractivity contribution in [3.05, 3.63) is 36.2 Å². The van der Waals surface area contributed by atoms with Gasteiger partial charge in [0.2, 0.25) is 0 Å². The average molecular weight is 327 g/mol. The highest BCUT2D eigenvalue weighted by molar-refractivity contribution is 5.58. The van der Waals surface area contributed by atoms with Crippen molar-refractivity contribution in [3.63, 3.8) is 0 Å². The van der Waals surface area contributed by atoms with E-state index in [1.807, 2.05) is 6.07 Å². The summed E-state index contributed by atoms with van der Waals surface area (Å²) in [5, 5.41) is 14.9. The molecule has 7 nitrogen and oxygen atoms in total. The number of anilines is 3. The standard InChI is InChI=1S/C16H18FN7/c1-24-4-2-11(3-5-24)22-14-6-15(21-9-13(14)17)23-16-10-19-12(7-18)8-20-16/h6,8-11H,2-5H2,1H3,(H2,20,21,22,23). The van der Waals surface area contributed by atoms with Crippen molar-refractivity contribution >= 4 is 17.3 Å². The normalized spacial score (nSPS) is 15.7. The number of aromatic nitrogens is 3. The fourth-order valence-electron chi connectivity index (χ4n) is 2.57. The Kier molecular flexibility index (Phi) is 4.82. The molecule has 0 atom stereocenters. The lowest BCUT2D eigenvalue weighted by molar-refractivity contribution is 0.263. The molecule has 8 heteroatoms. The maximum atomic E-state index is 14.0. The number of likely N-dealkylation sites (tertiary alicyclic amines) is 1. The van der Waals surface area contributed by atoms with E-state index in [0.717, 1.165) is 25.9 Å². The summed E-state index contributed by atoms with van der Waals surface area (Å²) in [4.78, 5) is 14.3. The molecule has 3 rings (SSSR count). The average Bonchev–Trinajstić information content (AvgIpc) is 2.60. The SMILES string of the molecule is CN1CCC(Nc2cc(Nc3cnc(C#N)cn3)ncc2F)CC1. The monoisotopic (exact) mass is 327 g/mol. The Bertz CT molecular complexity index is 733. The highest BCUT2D eigenvalue weighted by Gasteiger charge is 2.18. The third-order valence-corrected chi connectivity index (χ3v) is 3.96. The predicted molar refractivity (Wildman–Crippen MR) is 88.4 cm³/mol. The number of nitrogens with one attached hydrogen (secondary N) is 2. The van der Waals surface area contributed by atoms with Crippen LogP contribution in [0.1, 0.15) is 18.5 Å². The molecule has 2 N–H and O–H groups in total. The van der Waals surface area contributed by atoms with E-state index < -0.39 is 0 Å². The Labute approximate surface area is 139 Å². The van der Waals surface area contributed by atoms with Gasteiger partial charge in [0.05, 0.1) is 24.3 Å². The minimum absolute atomic E-state index is 0.234. The molecule has 3 heterocycles. The fourth-order valence-corrected chi connectivity index (χ4v) is 2.57. The second-order valence-electron chi connectivity index (χ2n) is 5.79. The molecule has 0 aromatic carbocycles. The molecule has 0 amide bonds. The molecule has 1 aliphatic heterocycles. The lowest BCUT2D eigenvalue weighted by Gasteiger charge is -2.30. The Morgan fingerprint density at radius 1 is 1.17 bits per heavy atom. The fraction of sp³-hybridized carbons (Fsp3) is 0.375. The van der Waals surface area contributed by atoms with Gasteiger partial charge in [0.1, 0.15) is 17.7 Å². The molecule has 1 fully saturated rings. The number of nitrogens with zero attached hydrogens (tertiary/aromatic N) is 5. The van der Waals surface area contributed by atoms with E-state index in [9.17, 15) is 4.39 Å². The van der Waals surface area contributed by atoms with Gasteiger partial charge in [-0.3, -0.25) is 0 Å². The third-order valence-electron chi connectivity index (χ3n) is 3.96. The summed E-state index contributed by atoms with van der Waals surface area (Å²) in [5.74, 6) is 0.523. The van der Waals surface area contributed by atoms with Crippen LogP contribution in [0.15, 0.2) is 24.7 Å². The van der Waals surface area contributed by atoms with Crippen molar-refractivity contribution in [2.45, 2.75) is 18.9 Å². The van der Waals surface area contributed by atoms with E-state index >= 15 is 0 Å². The van der Waals surface area contributed by atoms with Crippen molar-refractivity contribution < 1.29 is 4.39 Å². The molecule has 0 unspecified atom stereocenters. The van der Waals surface area contributed by atoms with E-state index in [1.54, 1.807) is 6.07 Å². The number of pyridine rings is 1. The molecule has 0 bridgehead atoms. The van der Waals surface area contributed by atoms with Crippen molar-refractivity contribution in [1.29, 1.82) is 5.26 Å². The lowest BCUT2D eigenvalue weighted by Crippen LogP contribution is -2.36. The van der Waals surface area contributed by atoms with Crippen LogP contribution in [0.3, 0.4) is 0 Å². The summed E-state index contributed by atoms with van der Waals surface area (Å²) < 4.78 is 14.0. The summed E-state index contributed by atoms with van der Waals surface area (Å²) in [6.07, 6.45) is 5.93. The van der Waals surface area contributed by atoms with Gasteiger partial charge < -0.3 is 15.5 Å². The molecular formula is C16H18FN7. The number of nitriles is 1. The smallest absolute Gasteiger partial charge is 0.164 e. The van der Waals surface area contributed by atoms with E-state index in [1.165, 1.54) is 18.6 Å². The topological polar surface area (TPSA) is 89.8 Å². The first-order valence-corrected chi connectivity index (χ1v) is 7.74. The summed E-state index contributed by atoms with van der Waals surface area (Å²) in [6.45, 7) is 1.99. The van der Waals surface area contributed by atoms with Crippen LogP contribution < -0.4 is 10.6 Å². The summed E-state index contributed by atoms with van der Waals surface area (Å²) in [7, 11) is 2.09. The Balaban J connectivity index is 1.70. The van der Waals surface area contributed by atoms with Crippen molar-refractivity contribution in [2.24, 2.45) is 0 Å². The van der Waals surface area contributed by atoms with Gasteiger partial charge in [-0.2, -0.15) is 5.26 Å². The van der Waals surface area contributed by atoms with Crippen LogP contribution in [-0.4, -0.2) is 46.0 Å². The minimum Gasteiger partial charge on any atom is -0.380 e. The van der Waals surface area contributed by atoms with E-state index in [4.69, 9.17) is 5.26 Å². The van der Waals surface area contributed by atoms with Crippen molar-refractivity contribution in [2.75, 3.05) is 30.8 Å². The van der Waals surface area contributed by atoms with Crippen LogP contribution >= 0.6 is 0 Å². The highest BCUT2D eigenvalue weighted by atomic mass is 19.1. The predicted octanol–water partition coefficient (Wildman–Crippen LogP) is 2.13. The van der Waals surface area contributed by atoms with Crippen LogP contribution in [0.5, 0.6) is 0 Å². The quantitative estimate of drug-likeness (QED) is 0.889. The Hall–Kier alpha value is -2.79.